The van der Waals surface area contributed by atoms with E-state index in [0.29, 0.717) is 25.1 Å². The molecule has 2 heterocycles. The number of hydrogen-bond donors (Lipinski definition) is 1. The molecule has 2 N–H and O–H groups in total. The zero-order valence-corrected chi connectivity index (χ0v) is 16.9. The fourth-order valence-corrected chi connectivity index (χ4v) is 4.50. The third kappa shape index (κ3) is 4.26. The third-order valence-corrected chi connectivity index (χ3v) is 6.05. The maximum atomic E-state index is 14.2. The van der Waals surface area contributed by atoms with Crippen molar-refractivity contribution in [3.05, 3.63) is 90.0 Å². The van der Waals surface area contributed by atoms with E-state index in [4.69, 9.17) is 5.73 Å². The monoisotopic (exact) mass is 403 g/mol. The molecule has 0 spiro atoms. The molecular weight excluding hydrogens is 377 g/mol. The molecule has 0 aliphatic carbocycles. The largest absolute Gasteiger partial charge is 0.369 e. The molecule has 1 aliphatic heterocycles. The summed E-state index contributed by atoms with van der Waals surface area (Å²) in [6.07, 6.45) is 5.73. The van der Waals surface area contributed by atoms with E-state index in [9.17, 15) is 9.18 Å². The van der Waals surface area contributed by atoms with Crippen molar-refractivity contribution in [1.29, 1.82) is 0 Å². The van der Waals surface area contributed by atoms with Gasteiger partial charge < -0.3 is 5.73 Å². The normalized spacial score (nSPS) is 19.5. The van der Waals surface area contributed by atoms with E-state index in [1.807, 2.05) is 36.5 Å². The Bertz CT molecular complexity index is 1020. The second-order valence-corrected chi connectivity index (χ2v) is 8.13. The summed E-state index contributed by atoms with van der Waals surface area (Å²) in [5.74, 6) is -0.503. The number of pyridine rings is 1. The van der Waals surface area contributed by atoms with Crippen molar-refractivity contribution in [2.24, 2.45) is 11.1 Å². The molecule has 1 atom stereocenters. The Hall–Kier alpha value is -3.05. The highest BCUT2D eigenvalue weighted by molar-refractivity contribution is 5.82. The van der Waals surface area contributed by atoms with Crippen LogP contribution in [-0.2, 0) is 17.8 Å². The number of halogens is 1. The molecule has 1 aromatic heterocycles. The molecule has 3 aromatic rings. The minimum absolute atomic E-state index is 0.213. The summed E-state index contributed by atoms with van der Waals surface area (Å²) in [5.41, 5.74) is 9.11. The summed E-state index contributed by atoms with van der Waals surface area (Å²) in [5, 5.41) is 0. The molecule has 0 saturated carbocycles. The number of aromatic nitrogens is 1. The number of likely N-dealkylation sites (tertiary alicyclic amines) is 1. The highest BCUT2D eigenvalue weighted by Crippen LogP contribution is 2.37. The van der Waals surface area contributed by atoms with Crippen LogP contribution in [0.4, 0.5) is 4.39 Å². The topological polar surface area (TPSA) is 59.2 Å². The van der Waals surface area contributed by atoms with Crippen LogP contribution >= 0.6 is 0 Å². The Morgan fingerprint density at radius 2 is 1.83 bits per heavy atom. The summed E-state index contributed by atoms with van der Waals surface area (Å²) in [7, 11) is 0. The minimum atomic E-state index is -0.679. The van der Waals surface area contributed by atoms with E-state index >= 15 is 0 Å². The fraction of sp³-hybridized carbons (Fsp3) is 0.280. The Kier molecular flexibility index (Phi) is 5.91. The molecule has 1 fully saturated rings. The molecule has 1 amide bonds. The maximum Gasteiger partial charge on any atom is 0.225 e. The Labute approximate surface area is 176 Å². The van der Waals surface area contributed by atoms with Crippen LogP contribution in [0.3, 0.4) is 0 Å². The van der Waals surface area contributed by atoms with Crippen LogP contribution in [0.5, 0.6) is 0 Å². The van der Waals surface area contributed by atoms with Gasteiger partial charge in [0.1, 0.15) is 5.82 Å². The van der Waals surface area contributed by atoms with Crippen LogP contribution in [0.25, 0.3) is 11.1 Å². The van der Waals surface area contributed by atoms with Crippen LogP contribution < -0.4 is 5.73 Å². The number of primary amides is 1. The molecule has 154 valence electrons. The first-order valence-corrected chi connectivity index (χ1v) is 10.3. The number of nitrogens with two attached hydrogens (primary N) is 1. The molecule has 2 aromatic carbocycles. The van der Waals surface area contributed by atoms with E-state index in [1.165, 1.54) is 6.07 Å². The van der Waals surface area contributed by atoms with Crippen molar-refractivity contribution in [2.45, 2.75) is 25.8 Å². The lowest BCUT2D eigenvalue weighted by atomic mass is 9.73. The van der Waals surface area contributed by atoms with Gasteiger partial charge in [0, 0.05) is 36.6 Å². The zero-order valence-electron chi connectivity index (χ0n) is 16.9. The molecule has 0 radical (unpaired) electrons. The first kappa shape index (κ1) is 20.2. The lowest BCUT2D eigenvalue weighted by Gasteiger charge is -2.41. The highest BCUT2D eigenvalue weighted by atomic mass is 19.1. The first-order valence-electron chi connectivity index (χ1n) is 10.3. The van der Waals surface area contributed by atoms with E-state index < -0.39 is 5.41 Å². The summed E-state index contributed by atoms with van der Waals surface area (Å²) < 4.78 is 14.2. The van der Waals surface area contributed by atoms with Crippen molar-refractivity contribution < 1.29 is 9.18 Å². The van der Waals surface area contributed by atoms with Gasteiger partial charge in [-0.1, -0.05) is 48.5 Å². The molecule has 0 bridgehead atoms. The van der Waals surface area contributed by atoms with Gasteiger partial charge >= 0.3 is 0 Å². The average Bonchev–Trinajstić information content (AvgIpc) is 2.76. The average molecular weight is 404 g/mol. The molecule has 4 nitrogen and oxygen atoms in total. The van der Waals surface area contributed by atoms with Crippen LogP contribution in [0.1, 0.15) is 24.0 Å². The number of piperidine rings is 1. The molecule has 30 heavy (non-hydrogen) atoms. The zero-order chi connectivity index (χ0) is 21.0. The number of carbonyl (C=O) groups is 1. The van der Waals surface area contributed by atoms with Crippen LogP contribution in [-0.4, -0.2) is 28.9 Å². The van der Waals surface area contributed by atoms with Gasteiger partial charge in [0.25, 0.3) is 0 Å². The van der Waals surface area contributed by atoms with Crippen molar-refractivity contribution in [1.82, 2.24) is 9.88 Å². The first-order chi connectivity index (χ1) is 14.6. The number of nitrogens with zero attached hydrogens (tertiary/aromatic N) is 2. The molecule has 1 unspecified atom stereocenters. The second-order valence-electron chi connectivity index (χ2n) is 8.13. The summed E-state index contributed by atoms with van der Waals surface area (Å²) in [6.45, 7) is 1.83. The number of benzene rings is 2. The predicted octanol–water partition coefficient (Wildman–Crippen LogP) is 4.20. The molecular formula is C25H26FN3O. The predicted molar refractivity (Wildman–Crippen MR) is 116 cm³/mol. The molecule has 1 aliphatic rings. The Morgan fingerprint density at radius 3 is 2.57 bits per heavy atom. The summed E-state index contributed by atoms with van der Waals surface area (Å²) >= 11 is 0. The smallest absolute Gasteiger partial charge is 0.225 e. The number of carbonyl (C=O) groups excluding carboxylic acids is 1. The van der Waals surface area contributed by atoms with Crippen LogP contribution in [0.15, 0.2) is 73.1 Å². The van der Waals surface area contributed by atoms with E-state index in [-0.39, 0.29) is 11.7 Å². The highest BCUT2D eigenvalue weighted by Gasteiger charge is 2.41. The Balaban J connectivity index is 1.61. The van der Waals surface area contributed by atoms with Gasteiger partial charge in [0.2, 0.25) is 5.91 Å². The fourth-order valence-electron chi connectivity index (χ4n) is 4.50. The third-order valence-electron chi connectivity index (χ3n) is 6.05. The quantitative estimate of drug-likeness (QED) is 0.671. The number of hydrogen-bond acceptors (Lipinski definition) is 3. The SMILES string of the molecule is NC(=O)C1(Cc2ccccc2-c2cccnc2)CCCN(Cc2ccccc2F)C1. The van der Waals surface area contributed by atoms with E-state index in [1.54, 1.807) is 18.3 Å². The van der Waals surface area contributed by atoms with E-state index in [0.717, 1.165) is 36.1 Å². The summed E-state index contributed by atoms with van der Waals surface area (Å²) in [4.78, 5) is 19.1. The van der Waals surface area contributed by atoms with Crippen molar-refractivity contribution in [3.8, 4) is 11.1 Å². The Morgan fingerprint density at radius 1 is 1.07 bits per heavy atom. The van der Waals surface area contributed by atoms with Gasteiger partial charge in [-0.25, -0.2) is 4.39 Å². The molecule has 1 saturated heterocycles. The molecule has 5 heteroatoms. The second kappa shape index (κ2) is 8.76. The van der Waals surface area contributed by atoms with Crippen LogP contribution in [0, 0.1) is 11.2 Å². The van der Waals surface area contributed by atoms with E-state index in [2.05, 4.69) is 22.0 Å². The van der Waals surface area contributed by atoms with Crippen molar-refractivity contribution in [2.75, 3.05) is 13.1 Å². The lowest BCUT2D eigenvalue weighted by Crippen LogP contribution is -2.51. The maximum absolute atomic E-state index is 14.2. The minimum Gasteiger partial charge on any atom is -0.369 e. The lowest BCUT2D eigenvalue weighted by molar-refractivity contribution is -0.131. The number of rotatable bonds is 6. The van der Waals surface area contributed by atoms with Gasteiger partial charge in [-0.05, 0) is 49.1 Å². The standard InChI is InChI=1S/C25H26FN3O/c26-23-11-4-2-8-21(23)17-29-14-6-12-25(18-29,24(27)30)15-19-7-1-3-10-22(19)20-9-5-13-28-16-20/h1-5,7-11,13,16H,6,12,14-15,17-18H2,(H2,27,30). The molecule has 4 rings (SSSR count). The van der Waals surface area contributed by atoms with Gasteiger partial charge in [-0.15, -0.1) is 0 Å². The van der Waals surface area contributed by atoms with Gasteiger partial charge in [0.05, 0.1) is 5.41 Å². The van der Waals surface area contributed by atoms with Crippen LogP contribution in [0.2, 0.25) is 0 Å². The van der Waals surface area contributed by atoms with Gasteiger partial charge in [-0.3, -0.25) is 14.7 Å². The number of amides is 1. The van der Waals surface area contributed by atoms with Crippen molar-refractivity contribution in [3.63, 3.8) is 0 Å². The van der Waals surface area contributed by atoms with Crippen molar-refractivity contribution >= 4 is 5.91 Å². The summed E-state index contributed by atoms with van der Waals surface area (Å²) in [6, 6.07) is 18.8. The van der Waals surface area contributed by atoms with Gasteiger partial charge in [-0.2, -0.15) is 0 Å². The van der Waals surface area contributed by atoms with Gasteiger partial charge in [0.15, 0.2) is 0 Å².